The van der Waals surface area contributed by atoms with Crippen molar-refractivity contribution in [3.8, 4) is 22.8 Å². The van der Waals surface area contributed by atoms with E-state index < -0.39 is 0 Å². The molecular formula is C20H18N4O3S. The third-order valence-corrected chi connectivity index (χ3v) is 5.12. The molecule has 0 saturated carbocycles. The van der Waals surface area contributed by atoms with Crippen molar-refractivity contribution in [1.29, 1.82) is 0 Å². The molecule has 28 heavy (non-hydrogen) atoms. The van der Waals surface area contributed by atoms with Crippen LogP contribution in [0.2, 0.25) is 0 Å². The lowest BCUT2D eigenvalue weighted by atomic mass is 10.1. The zero-order valence-corrected chi connectivity index (χ0v) is 16.2. The predicted octanol–water partition coefficient (Wildman–Crippen LogP) is 3.41. The summed E-state index contributed by atoms with van der Waals surface area (Å²) >= 11 is 1.60. The molecule has 0 saturated heterocycles. The second kappa shape index (κ2) is 7.69. The second-order valence-corrected chi connectivity index (χ2v) is 7.01. The zero-order chi connectivity index (χ0) is 19.5. The number of hydrogen-bond donors (Lipinski definition) is 1. The number of rotatable bonds is 6. The first-order valence-corrected chi connectivity index (χ1v) is 9.45. The van der Waals surface area contributed by atoms with Gasteiger partial charge < -0.3 is 14.8 Å². The van der Waals surface area contributed by atoms with Gasteiger partial charge in [-0.1, -0.05) is 6.07 Å². The Balaban J connectivity index is 1.58. The van der Waals surface area contributed by atoms with Crippen LogP contribution < -0.4 is 14.8 Å². The molecule has 3 aromatic heterocycles. The Morgan fingerprint density at radius 1 is 1.14 bits per heavy atom. The summed E-state index contributed by atoms with van der Waals surface area (Å²) in [6, 6.07) is 13.1. The predicted molar refractivity (Wildman–Crippen MR) is 107 cm³/mol. The van der Waals surface area contributed by atoms with Crippen molar-refractivity contribution in [2.75, 3.05) is 14.2 Å². The second-order valence-electron chi connectivity index (χ2n) is 5.98. The number of nitrogens with zero attached hydrogens (tertiary/aromatic N) is 3. The summed E-state index contributed by atoms with van der Waals surface area (Å²) in [4.78, 5) is 18.1. The number of methoxy groups -OCH3 is 2. The number of carbonyl (C=O) groups excluding carboxylic acids is 1. The summed E-state index contributed by atoms with van der Waals surface area (Å²) < 4.78 is 12.2. The summed E-state index contributed by atoms with van der Waals surface area (Å²) in [6.45, 7) is 0.481. The van der Waals surface area contributed by atoms with E-state index in [-0.39, 0.29) is 5.91 Å². The quantitative estimate of drug-likeness (QED) is 0.542. The van der Waals surface area contributed by atoms with Gasteiger partial charge in [0.2, 0.25) is 0 Å². The van der Waals surface area contributed by atoms with Gasteiger partial charge in [0, 0.05) is 22.7 Å². The lowest BCUT2D eigenvalue weighted by Crippen LogP contribution is -2.22. The minimum absolute atomic E-state index is 0.230. The van der Waals surface area contributed by atoms with Crippen molar-refractivity contribution < 1.29 is 14.3 Å². The molecule has 4 aromatic rings. The van der Waals surface area contributed by atoms with Crippen LogP contribution in [0, 0.1) is 0 Å². The Labute approximate surface area is 165 Å². The van der Waals surface area contributed by atoms with Crippen LogP contribution in [0.4, 0.5) is 0 Å². The van der Waals surface area contributed by atoms with Gasteiger partial charge in [-0.15, -0.1) is 11.3 Å². The average Bonchev–Trinajstić information content (AvgIpc) is 3.40. The van der Waals surface area contributed by atoms with Gasteiger partial charge in [0.05, 0.1) is 26.5 Å². The molecule has 8 heteroatoms. The normalized spacial score (nSPS) is 10.8. The Bertz CT molecular complexity index is 1120. The van der Waals surface area contributed by atoms with Crippen LogP contribution >= 0.6 is 11.3 Å². The molecule has 1 amide bonds. The van der Waals surface area contributed by atoms with E-state index in [9.17, 15) is 4.79 Å². The smallest absolute Gasteiger partial charge is 0.272 e. The molecule has 1 aromatic carbocycles. The fourth-order valence-electron chi connectivity index (χ4n) is 2.82. The highest BCUT2D eigenvalue weighted by Gasteiger charge is 2.13. The maximum atomic E-state index is 12.4. The molecule has 3 heterocycles. The zero-order valence-electron chi connectivity index (χ0n) is 15.4. The third kappa shape index (κ3) is 3.54. The molecule has 4 rings (SSSR count). The summed E-state index contributed by atoms with van der Waals surface area (Å²) in [5.74, 6) is 1.05. The van der Waals surface area contributed by atoms with Gasteiger partial charge in [-0.25, -0.2) is 9.50 Å². The lowest BCUT2D eigenvalue weighted by molar-refractivity contribution is 0.0946. The van der Waals surface area contributed by atoms with Gasteiger partial charge in [0.1, 0.15) is 0 Å². The average molecular weight is 394 g/mol. The van der Waals surface area contributed by atoms with Gasteiger partial charge in [0.15, 0.2) is 22.8 Å². The molecule has 0 spiro atoms. The highest BCUT2D eigenvalue weighted by Crippen LogP contribution is 2.31. The number of aromatic nitrogens is 3. The van der Waals surface area contributed by atoms with Gasteiger partial charge in [-0.05, 0) is 35.7 Å². The van der Waals surface area contributed by atoms with Crippen LogP contribution in [-0.4, -0.2) is 34.7 Å². The van der Waals surface area contributed by atoms with Crippen LogP contribution in [0.15, 0.2) is 54.0 Å². The molecule has 0 unspecified atom stereocenters. The Morgan fingerprint density at radius 2 is 2.00 bits per heavy atom. The number of hydrogen-bond acceptors (Lipinski definition) is 6. The molecule has 0 aliphatic heterocycles. The Kier molecular flexibility index (Phi) is 4.94. The van der Waals surface area contributed by atoms with Crippen molar-refractivity contribution in [3.05, 3.63) is 64.6 Å². The summed E-state index contributed by atoms with van der Waals surface area (Å²) in [6.07, 6.45) is 1.78. The maximum Gasteiger partial charge on any atom is 0.272 e. The van der Waals surface area contributed by atoms with Crippen LogP contribution in [0.25, 0.3) is 16.9 Å². The van der Waals surface area contributed by atoms with Crippen LogP contribution in [0.5, 0.6) is 11.5 Å². The molecule has 0 fully saturated rings. The maximum absolute atomic E-state index is 12.4. The summed E-state index contributed by atoms with van der Waals surface area (Å²) in [7, 11) is 3.19. The topological polar surface area (TPSA) is 77.8 Å². The number of nitrogens with one attached hydrogen (secondary N) is 1. The van der Waals surface area contributed by atoms with E-state index in [0.717, 1.165) is 16.1 Å². The fraction of sp³-hybridized carbons (Fsp3) is 0.150. The SMILES string of the molecule is COc1ccc(-c2ccn3nc(C(=O)NCc4cccs4)cc3n2)cc1OC. The Morgan fingerprint density at radius 3 is 2.75 bits per heavy atom. The highest BCUT2D eigenvalue weighted by atomic mass is 32.1. The Hall–Kier alpha value is -3.39. The van der Waals surface area contributed by atoms with Crippen LogP contribution in [-0.2, 0) is 6.54 Å². The first-order valence-electron chi connectivity index (χ1n) is 8.57. The number of thiophene rings is 1. The highest BCUT2D eigenvalue weighted by molar-refractivity contribution is 7.09. The monoisotopic (exact) mass is 394 g/mol. The number of ether oxygens (including phenoxy) is 2. The van der Waals surface area contributed by atoms with Crippen molar-refractivity contribution in [3.63, 3.8) is 0 Å². The molecule has 0 atom stereocenters. The van der Waals surface area contributed by atoms with E-state index in [1.165, 1.54) is 0 Å². The largest absolute Gasteiger partial charge is 0.493 e. The van der Waals surface area contributed by atoms with Gasteiger partial charge in [0.25, 0.3) is 5.91 Å². The first kappa shape index (κ1) is 18.0. The van der Waals surface area contributed by atoms with Crippen LogP contribution in [0.3, 0.4) is 0 Å². The van der Waals surface area contributed by atoms with E-state index in [2.05, 4.69) is 15.4 Å². The molecule has 0 aliphatic rings. The molecule has 7 nitrogen and oxygen atoms in total. The van der Waals surface area contributed by atoms with Gasteiger partial charge in [-0.3, -0.25) is 4.79 Å². The number of carbonyl (C=O) groups is 1. The standard InChI is InChI=1S/C20H18N4O3S/c1-26-17-6-5-13(10-18(17)27-2)15-7-8-24-19(22-15)11-16(23-24)20(25)21-12-14-4-3-9-28-14/h3-11H,12H2,1-2H3,(H,21,25). The van der Waals surface area contributed by atoms with E-state index in [1.54, 1.807) is 42.3 Å². The molecule has 1 N–H and O–H groups in total. The molecule has 0 bridgehead atoms. The van der Waals surface area contributed by atoms with E-state index in [4.69, 9.17) is 9.47 Å². The van der Waals surface area contributed by atoms with E-state index in [1.807, 2.05) is 41.8 Å². The fourth-order valence-corrected chi connectivity index (χ4v) is 3.46. The number of fused-ring (bicyclic) bond motifs is 1. The lowest BCUT2D eigenvalue weighted by Gasteiger charge is -2.09. The summed E-state index contributed by atoms with van der Waals surface area (Å²) in [5.41, 5.74) is 2.55. The van der Waals surface area contributed by atoms with E-state index >= 15 is 0 Å². The molecule has 142 valence electrons. The molecular weight excluding hydrogens is 376 g/mol. The minimum Gasteiger partial charge on any atom is -0.493 e. The molecule has 0 radical (unpaired) electrons. The number of benzene rings is 1. The summed E-state index contributed by atoms with van der Waals surface area (Å²) in [5, 5.41) is 9.16. The van der Waals surface area contributed by atoms with Crippen LogP contribution in [0.1, 0.15) is 15.4 Å². The van der Waals surface area contributed by atoms with Gasteiger partial charge in [-0.2, -0.15) is 5.10 Å². The van der Waals surface area contributed by atoms with Crippen molar-refractivity contribution in [1.82, 2.24) is 19.9 Å². The minimum atomic E-state index is -0.230. The van der Waals surface area contributed by atoms with Crippen molar-refractivity contribution in [2.24, 2.45) is 0 Å². The van der Waals surface area contributed by atoms with E-state index in [0.29, 0.717) is 29.4 Å². The third-order valence-electron chi connectivity index (χ3n) is 4.24. The van der Waals surface area contributed by atoms with Gasteiger partial charge >= 0.3 is 0 Å². The van der Waals surface area contributed by atoms with Crippen molar-refractivity contribution in [2.45, 2.75) is 6.54 Å². The van der Waals surface area contributed by atoms with Crippen molar-refractivity contribution >= 4 is 22.9 Å². The first-order chi connectivity index (χ1) is 13.7. The molecule has 0 aliphatic carbocycles. The number of amides is 1.